The Morgan fingerprint density at radius 2 is 2.00 bits per heavy atom. The van der Waals surface area contributed by atoms with Crippen molar-refractivity contribution < 1.29 is 13.6 Å². The van der Waals surface area contributed by atoms with Gasteiger partial charge in [0.15, 0.2) is 0 Å². The van der Waals surface area contributed by atoms with Crippen molar-refractivity contribution in [1.29, 1.82) is 0 Å². The second-order valence-electron chi connectivity index (χ2n) is 3.44. The van der Waals surface area contributed by atoms with E-state index in [-0.39, 0.29) is 11.4 Å². The molecule has 0 aliphatic carbocycles. The normalized spacial score (nSPS) is 10.2. The summed E-state index contributed by atoms with van der Waals surface area (Å²) < 4.78 is 26.2. The number of rotatable bonds is 2. The summed E-state index contributed by atoms with van der Waals surface area (Å²) in [6, 6.07) is 5.62. The fraction of sp³-hybridized carbons (Fsp3) is 0. The molecule has 0 radical (unpaired) electrons. The van der Waals surface area contributed by atoms with Crippen LogP contribution in [0.1, 0.15) is 10.4 Å². The van der Waals surface area contributed by atoms with Crippen molar-refractivity contribution >= 4 is 23.3 Å². The van der Waals surface area contributed by atoms with E-state index in [0.29, 0.717) is 5.02 Å². The highest BCUT2D eigenvalue weighted by Gasteiger charge is 2.13. The van der Waals surface area contributed by atoms with E-state index in [4.69, 9.17) is 11.6 Å². The second-order valence-corrected chi connectivity index (χ2v) is 3.88. The predicted molar refractivity (Wildman–Crippen MR) is 63.6 cm³/mol. The van der Waals surface area contributed by atoms with Crippen LogP contribution in [0.25, 0.3) is 0 Å². The van der Waals surface area contributed by atoms with Crippen LogP contribution in [-0.2, 0) is 0 Å². The Hall–Kier alpha value is -2.01. The van der Waals surface area contributed by atoms with Crippen LogP contribution in [0.4, 0.5) is 14.6 Å². The maximum absolute atomic E-state index is 13.3. The molecule has 2 aromatic rings. The van der Waals surface area contributed by atoms with Gasteiger partial charge in [0.05, 0.1) is 10.6 Å². The van der Waals surface area contributed by atoms with Gasteiger partial charge >= 0.3 is 0 Å². The molecule has 18 heavy (non-hydrogen) atoms. The number of nitrogens with zero attached hydrogens (tertiary/aromatic N) is 1. The fourth-order valence-electron chi connectivity index (χ4n) is 1.30. The van der Waals surface area contributed by atoms with Crippen LogP contribution in [0.2, 0.25) is 5.02 Å². The molecule has 0 saturated heterocycles. The van der Waals surface area contributed by atoms with E-state index in [2.05, 4.69) is 10.3 Å². The average molecular weight is 269 g/mol. The van der Waals surface area contributed by atoms with E-state index in [1.807, 2.05) is 0 Å². The molecule has 6 heteroatoms. The molecule has 0 spiro atoms. The summed E-state index contributed by atoms with van der Waals surface area (Å²) in [5.41, 5.74) is -0.383. The lowest BCUT2D eigenvalue weighted by atomic mass is 10.2. The predicted octanol–water partition coefficient (Wildman–Crippen LogP) is 3.27. The third-order valence-electron chi connectivity index (χ3n) is 2.14. The molecule has 1 amide bonds. The summed E-state index contributed by atoms with van der Waals surface area (Å²) in [6.07, 6.45) is 1.33. The van der Waals surface area contributed by atoms with Crippen LogP contribution in [0.15, 0.2) is 36.5 Å². The Kier molecular flexibility index (Phi) is 3.53. The number of amides is 1. The van der Waals surface area contributed by atoms with Gasteiger partial charge < -0.3 is 5.32 Å². The van der Waals surface area contributed by atoms with Crippen molar-refractivity contribution in [1.82, 2.24) is 4.98 Å². The number of aromatic nitrogens is 1. The minimum Gasteiger partial charge on any atom is -0.306 e. The molecule has 0 fully saturated rings. The third-order valence-corrected chi connectivity index (χ3v) is 2.37. The molecule has 0 aliphatic rings. The van der Waals surface area contributed by atoms with Gasteiger partial charge in [0.1, 0.15) is 17.5 Å². The number of anilines is 1. The molecule has 92 valence electrons. The minimum absolute atomic E-state index is 0.202. The maximum Gasteiger partial charge on any atom is 0.259 e. The zero-order chi connectivity index (χ0) is 13.1. The molecule has 1 aromatic carbocycles. The topological polar surface area (TPSA) is 42.0 Å². The van der Waals surface area contributed by atoms with Crippen molar-refractivity contribution in [3.05, 3.63) is 58.7 Å². The van der Waals surface area contributed by atoms with Crippen molar-refractivity contribution in [2.75, 3.05) is 5.32 Å². The molecule has 0 aliphatic heterocycles. The first-order valence-electron chi connectivity index (χ1n) is 4.94. The van der Waals surface area contributed by atoms with Gasteiger partial charge in [-0.15, -0.1) is 0 Å². The van der Waals surface area contributed by atoms with Gasteiger partial charge in [0.2, 0.25) is 0 Å². The summed E-state index contributed by atoms with van der Waals surface area (Å²) >= 11 is 5.63. The summed E-state index contributed by atoms with van der Waals surface area (Å²) in [4.78, 5) is 15.5. The Morgan fingerprint density at radius 3 is 2.67 bits per heavy atom. The van der Waals surface area contributed by atoms with Gasteiger partial charge in [-0.25, -0.2) is 13.8 Å². The third kappa shape index (κ3) is 2.81. The summed E-state index contributed by atoms with van der Waals surface area (Å²) in [5, 5.41) is 2.75. The van der Waals surface area contributed by atoms with Crippen LogP contribution in [0.3, 0.4) is 0 Å². The number of hydrogen-bond acceptors (Lipinski definition) is 2. The monoisotopic (exact) mass is 268 g/mol. The number of nitrogens with one attached hydrogen (secondary N) is 1. The number of carbonyl (C=O) groups excluding carboxylic acids is 1. The standard InChI is InChI=1S/C12H7ClF2N2O/c13-7-1-4-11(16-6-7)17-12(18)9-5-8(14)2-3-10(9)15/h1-6H,(H,16,17,18). The number of benzene rings is 1. The van der Waals surface area contributed by atoms with Crippen LogP contribution in [0, 0.1) is 11.6 Å². The van der Waals surface area contributed by atoms with Crippen LogP contribution >= 0.6 is 11.6 Å². The van der Waals surface area contributed by atoms with Gasteiger partial charge in [-0.05, 0) is 30.3 Å². The molecule has 2 rings (SSSR count). The highest BCUT2D eigenvalue weighted by Crippen LogP contribution is 2.13. The van der Waals surface area contributed by atoms with E-state index >= 15 is 0 Å². The number of hydrogen-bond donors (Lipinski definition) is 1. The van der Waals surface area contributed by atoms with E-state index in [1.54, 1.807) is 0 Å². The van der Waals surface area contributed by atoms with E-state index in [9.17, 15) is 13.6 Å². The quantitative estimate of drug-likeness (QED) is 0.908. The average Bonchev–Trinajstić information content (AvgIpc) is 2.35. The van der Waals surface area contributed by atoms with Crippen molar-refractivity contribution in [2.45, 2.75) is 0 Å². The van der Waals surface area contributed by atoms with Gasteiger partial charge in [-0.2, -0.15) is 0 Å². The Morgan fingerprint density at radius 1 is 1.22 bits per heavy atom. The van der Waals surface area contributed by atoms with E-state index in [1.165, 1.54) is 18.3 Å². The minimum atomic E-state index is -0.803. The fourth-order valence-corrected chi connectivity index (χ4v) is 1.42. The lowest BCUT2D eigenvalue weighted by Crippen LogP contribution is -2.14. The number of pyridine rings is 1. The molecule has 1 N–H and O–H groups in total. The van der Waals surface area contributed by atoms with E-state index < -0.39 is 17.5 Å². The molecular formula is C12H7ClF2N2O. The first-order valence-corrected chi connectivity index (χ1v) is 5.32. The largest absolute Gasteiger partial charge is 0.306 e. The first kappa shape index (κ1) is 12.4. The zero-order valence-electron chi connectivity index (χ0n) is 8.95. The smallest absolute Gasteiger partial charge is 0.259 e. The lowest BCUT2D eigenvalue weighted by Gasteiger charge is -2.05. The van der Waals surface area contributed by atoms with Crippen molar-refractivity contribution in [3.63, 3.8) is 0 Å². The van der Waals surface area contributed by atoms with Gasteiger partial charge in [-0.1, -0.05) is 11.6 Å². The van der Waals surface area contributed by atoms with Crippen molar-refractivity contribution in [3.8, 4) is 0 Å². The summed E-state index contributed by atoms with van der Waals surface area (Å²) in [7, 11) is 0. The molecule has 3 nitrogen and oxygen atoms in total. The highest BCUT2D eigenvalue weighted by atomic mass is 35.5. The first-order chi connectivity index (χ1) is 8.56. The molecular weight excluding hydrogens is 262 g/mol. The van der Waals surface area contributed by atoms with Gasteiger partial charge in [0.25, 0.3) is 5.91 Å². The zero-order valence-corrected chi connectivity index (χ0v) is 9.71. The summed E-state index contributed by atoms with van der Waals surface area (Å²) in [6.45, 7) is 0. The van der Waals surface area contributed by atoms with Gasteiger partial charge in [-0.3, -0.25) is 4.79 Å². The number of halogens is 3. The Bertz CT molecular complexity index is 587. The molecule has 0 unspecified atom stereocenters. The molecule has 0 atom stereocenters. The highest BCUT2D eigenvalue weighted by molar-refractivity contribution is 6.30. The van der Waals surface area contributed by atoms with Crippen molar-refractivity contribution in [2.24, 2.45) is 0 Å². The maximum atomic E-state index is 13.3. The molecule has 1 aromatic heterocycles. The van der Waals surface area contributed by atoms with Crippen LogP contribution in [-0.4, -0.2) is 10.9 Å². The number of carbonyl (C=O) groups is 1. The van der Waals surface area contributed by atoms with Gasteiger partial charge in [0, 0.05) is 6.20 Å². The molecule has 0 bridgehead atoms. The summed E-state index contributed by atoms with van der Waals surface area (Å²) in [5.74, 6) is -2.07. The second kappa shape index (κ2) is 5.10. The molecule has 1 heterocycles. The van der Waals surface area contributed by atoms with Crippen LogP contribution in [0.5, 0.6) is 0 Å². The Balaban J connectivity index is 2.21. The Labute approximate surface area is 106 Å². The van der Waals surface area contributed by atoms with E-state index in [0.717, 1.165) is 18.2 Å². The SMILES string of the molecule is O=C(Nc1ccc(Cl)cn1)c1cc(F)ccc1F. The van der Waals surface area contributed by atoms with Crippen LogP contribution < -0.4 is 5.32 Å². The molecule has 0 saturated carbocycles. The lowest BCUT2D eigenvalue weighted by molar-refractivity contribution is 0.102.